The summed E-state index contributed by atoms with van der Waals surface area (Å²) >= 11 is 0. The molecule has 0 fully saturated rings. The molecule has 0 radical (unpaired) electrons. The number of carbonyl (C=O) groups excluding carboxylic acids is 3. The fraction of sp³-hybridized carbons (Fsp3) is 0.409. The van der Waals surface area contributed by atoms with Gasteiger partial charge in [-0.05, 0) is 38.3 Å². The molecule has 0 aliphatic carbocycles. The summed E-state index contributed by atoms with van der Waals surface area (Å²) < 4.78 is 10.0. The average molecular weight is 400 g/mol. The molecule has 1 N–H and O–H groups in total. The number of aryl methyl sites for hydroxylation is 1. The summed E-state index contributed by atoms with van der Waals surface area (Å²) in [6, 6.07) is 9.58. The maximum Gasteiger partial charge on any atom is 0.355 e. The van der Waals surface area contributed by atoms with Gasteiger partial charge in [-0.15, -0.1) is 0 Å². The van der Waals surface area contributed by atoms with Gasteiger partial charge in [0.2, 0.25) is 0 Å². The van der Waals surface area contributed by atoms with Gasteiger partial charge in [0, 0.05) is 18.3 Å². The van der Waals surface area contributed by atoms with E-state index in [2.05, 4.69) is 4.98 Å². The Kier molecular flexibility index (Phi) is 7.59. The molecule has 1 heterocycles. The molecule has 0 aliphatic rings. The molecule has 29 heavy (non-hydrogen) atoms. The molecule has 0 spiro atoms. The van der Waals surface area contributed by atoms with E-state index in [0.29, 0.717) is 29.8 Å². The molecule has 0 bridgehead atoms. The lowest BCUT2D eigenvalue weighted by Crippen LogP contribution is -2.39. The fourth-order valence-corrected chi connectivity index (χ4v) is 3.13. The van der Waals surface area contributed by atoms with Crippen LogP contribution in [0.5, 0.6) is 0 Å². The summed E-state index contributed by atoms with van der Waals surface area (Å²) in [6.07, 6.45) is 0.523. The third-order valence-corrected chi connectivity index (χ3v) is 4.74. The van der Waals surface area contributed by atoms with Gasteiger partial charge >= 0.3 is 11.9 Å². The van der Waals surface area contributed by atoms with Crippen LogP contribution in [0.2, 0.25) is 0 Å². The quantitative estimate of drug-likeness (QED) is 0.687. The minimum atomic E-state index is -0.677. The largest absolute Gasteiger partial charge is 0.465 e. The summed E-state index contributed by atoms with van der Waals surface area (Å²) in [5.41, 5.74) is 2.54. The Morgan fingerprint density at radius 2 is 1.76 bits per heavy atom. The highest BCUT2D eigenvalue weighted by Gasteiger charge is 2.26. The van der Waals surface area contributed by atoms with Gasteiger partial charge in [-0.1, -0.05) is 37.3 Å². The van der Waals surface area contributed by atoms with Gasteiger partial charge in [-0.3, -0.25) is 4.79 Å². The summed E-state index contributed by atoms with van der Waals surface area (Å²) in [6.45, 7) is 7.39. The van der Waals surface area contributed by atoms with E-state index in [0.717, 1.165) is 5.56 Å². The van der Waals surface area contributed by atoms with Crippen molar-refractivity contribution in [3.8, 4) is 0 Å². The van der Waals surface area contributed by atoms with Crippen molar-refractivity contribution in [1.29, 1.82) is 0 Å². The third-order valence-electron chi connectivity index (χ3n) is 4.74. The SMILES string of the molecule is CCc1[nH]c(C(=O)OCC(=O)N(Cc2ccccc2)C(C)C)c(C)c1C(=O)OC. The Morgan fingerprint density at radius 1 is 1.10 bits per heavy atom. The number of aromatic amines is 1. The van der Waals surface area contributed by atoms with Gasteiger partial charge in [-0.2, -0.15) is 0 Å². The number of hydrogen-bond donors (Lipinski definition) is 1. The zero-order valence-electron chi connectivity index (χ0n) is 17.6. The maximum atomic E-state index is 12.7. The predicted molar refractivity (Wildman–Crippen MR) is 109 cm³/mol. The number of nitrogens with zero attached hydrogens (tertiary/aromatic N) is 1. The van der Waals surface area contributed by atoms with Crippen LogP contribution in [0.4, 0.5) is 0 Å². The smallest absolute Gasteiger partial charge is 0.355 e. The van der Waals surface area contributed by atoms with E-state index >= 15 is 0 Å². The number of ether oxygens (including phenoxy) is 2. The van der Waals surface area contributed by atoms with Crippen LogP contribution >= 0.6 is 0 Å². The Morgan fingerprint density at radius 3 is 2.31 bits per heavy atom. The number of nitrogens with one attached hydrogen (secondary N) is 1. The molecule has 7 heteroatoms. The van der Waals surface area contributed by atoms with Crippen LogP contribution in [0.25, 0.3) is 0 Å². The number of aromatic nitrogens is 1. The maximum absolute atomic E-state index is 12.7. The van der Waals surface area contributed by atoms with Crippen molar-refractivity contribution in [2.24, 2.45) is 0 Å². The Bertz CT molecular complexity index is 871. The number of H-pyrrole nitrogens is 1. The summed E-state index contributed by atoms with van der Waals surface area (Å²) in [4.78, 5) is 41.8. The first-order valence-corrected chi connectivity index (χ1v) is 9.60. The summed E-state index contributed by atoms with van der Waals surface area (Å²) in [5.74, 6) is -1.48. The van der Waals surface area contributed by atoms with Crippen molar-refractivity contribution < 1.29 is 23.9 Å². The first kappa shape index (κ1) is 22.2. The first-order valence-electron chi connectivity index (χ1n) is 9.60. The minimum absolute atomic E-state index is 0.0498. The molecule has 0 saturated heterocycles. The molecular weight excluding hydrogens is 372 g/mol. The zero-order valence-corrected chi connectivity index (χ0v) is 17.6. The Hall–Kier alpha value is -3.09. The highest BCUT2D eigenvalue weighted by atomic mass is 16.5. The van der Waals surface area contributed by atoms with Gasteiger partial charge in [0.1, 0.15) is 5.69 Å². The number of hydrogen-bond acceptors (Lipinski definition) is 5. The molecule has 7 nitrogen and oxygen atoms in total. The molecule has 0 saturated carbocycles. The van der Waals surface area contributed by atoms with Crippen molar-refractivity contribution in [3.05, 3.63) is 58.4 Å². The fourth-order valence-electron chi connectivity index (χ4n) is 3.13. The number of methoxy groups -OCH3 is 1. The number of carbonyl (C=O) groups is 3. The van der Waals surface area contributed by atoms with Crippen molar-refractivity contribution in [2.45, 2.75) is 46.7 Å². The average Bonchev–Trinajstić information content (AvgIpc) is 3.06. The number of rotatable bonds is 8. The van der Waals surface area contributed by atoms with Gasteiger partial charge in [0.25, 0.3) is 5.91 Å². The van der Waals surface area contributed by atoms with E-state index in [-0.39, 0.29) is 24.2 Å². The molecule has 0 atom stereocenters. The monoisotopic (exact) mass is 400 g/mol. The van der Waals surface area contributed by atoms with Crippen molar-refractivity contribution >= 4 is 17.8 Å². The lowest BCUT2D eigenvalue weighted by atomic mass is 10.1. The Labute approximate surface area is 171 Å². The second kappa shape index (κ2) is 9.91. The van der Waals surface area contributed by atoms with Gasteiger partial charge < -0.3 is 19.4 Å². The molecule has 1 aromatic carbocycles. The van der Waals surface area contributed by atoms with Gasteiger partial charge in [0.15, 0.2) is 6.61 Å². The lowest BCUT2D eigenvalue weighted by Gasteiger charge is -2.26. The topological polar surface area (TPSA) is 88.7 Å². The van der Waals surface area contributed by atoms with E-state index in [9.17, 15) is 14.4 Å². The van der Waals surface area contributed by atoms with E-state index in [1.807, 2.05) is 51.1 Å². The van der Waals surface area contributed by atoms with E-state index in [4.69, 9.17) is 9.47 Å². The second-order valence-corrected chi connectivity index (χ2v) is 7.00. The van der Waals surface area contributed by atoms with Crippen molar-refractivity contribution in [2.75, 3.05) is 13.7 Å². The molecule has 2 rings (SSSR count). The lowest BCUT2D eigenvalue weighted by molar-refractivity contribution is -0.136. The van der Waals surface area contributed by atoms with Crippen LogP contribution < -0.4 is 0 Å². The molecule has 1 aromatic heterocycles. The van der Waals surface area contributed by atoms with Gasteiger partial charge in [-0.25, -0.2) is 9.59 Å². The van der Waals surface area contributed by atoms with Crippen molar-refractivity contribution in [3.63, 3.8) is 0 Å². The summed E-state index contributed by atoms with van der Waals surface area (Å²) in [7, 11) is 1.29. The second-order valence-electron chi connectivity index (χ2n) is 7.00. The molecule has 0 unspecified atom stereocenters. The molecule has 156 valence electrons. The van der Waals surface area contributed by atoms with E-state index in [1.165, 1.54) is 7.11 Å². The van der Waals surface area contributed by atoms with Crippen LogP contribution in [0.1, 0.15) is 58.4 Å². The third kappa shape index (κ3) is 5.25. The van der Waals surface area contributed by atoms with E-state index in [1.54, 1.807) is 11.8 Å². The number of esters is 2. The summed E-state index contributed by atoms with van der Waals surface area (Å²) in [5, 5.41) is 0. The van der Waals surface area contributed by atoms with Crippen LogP contribution in [-0.2, 0) is 27.2 Å². The standard InChI is InChI=1S/C22H28N2O5/c1-6-17-19(21(26)28-5)15(4)20(23-17)22(27)29-13-18(25)24(14(2)3)12-16-10-8-7-9-11-16/h7-11,14,23H,6,12-13H2,1-5H3. The van der Waals surface area contributed by atoms with Crippen LogP contribution in [0, 0.1) is 6.92 Å². The van der Waals surface area contributed by atoms with Crippen LogP contribution in [0.3, 0.4) is 0 Å². The predicted octanol–water partition coefficient (Wildman–Crippen LogP) is 3.27. The number of amides is 1. The van der Waals surface area contributed by atoms with Gasteiger partial charge in [0.05, 0.1) is 12.7 Å². The van der Waals surface area contributed by atoms with E-state index < -0.39 is 11.9 Å². The first-order chi connectivity index (χ1) is 13.8. The number of benzene rings is 1. The van der Waals surface area contributed by atoms with Crippen LogP contribution in [0.15, 0.2) is 30.3 Å². The van der Waals surface area contributed by atoms with Crippen molar-refractivity contribution in [1.82, 2.24) is 9.88 Å². The molecule has 2 aromatic rings. The molecular formula is C22H28N2O5. The molecule has 0 aliphatic heterocycles. The highest BCUT2D eigenvalue weighted by Crippen LogP contribution is 2.21. The normalized spacial score (nSPS) is 10.7. The zero-order chi connectivity index (χ0) is 21.6. The Balaban J connectivity index is 2.10. The highest BCUT2D eigenvalue weighted by molar-refractivity contribution is 5.99. The van der Waals surface area contributed by atoms with Crippen LogP contribution in [-0.4, -0.2) is 47.5 Å². The minimum Gasteiger partial charge on any atom is -0.465 e. The molecule has 1 amide bonds.